The van der Waals surface area contributed by atoms with E-state index >= 15 is 0 Å². The Labute approximate surface area is 167 Å². The number of aryl methyl sites for hydroxylation is 1. The molecule has 1 aliphatic rings. The van der Waals surface area contributed by atoms with Crippen LogP contribution in [0.25, 0.3) is 0 Å². The Morgan fingerprint density at radius 3 is 2.81 bits per heavy atom. The number of carbonyl (C=O) groups excluding carboxylic acids is 1. The number of likely N-dealkylation sites (tertiary alicyclic amines) is 1. The molecular formula is C21H24N2O2S2. The molecule has 6 heteroatoms. The lowest BCUT2D eigenvalue weighted by molar-refractivity contribution is 0.0996. The van der Waals surface area contributed by atoms with Gasteiger partial charge < -0.3 is 9.73 Å². The molecular weight excluding hydrogens is 376 g/mol. The molecule has 1 N–H and O–H groups in total. The Kier molecular flexibility index (Phi) is 5.76. The van der Waals surface area contributed by atoms with Crippen molar-refractivity contribution >= 4 is 33.6 Å². The Bertz CT molecular complexity index is 862. The van der Waals surface area contributed by atoms with Crippen LogP contribution in [0.3, 0.4) is 0 Å². The third-order valence-corrected chi connectivity index (χ3v) is 6.95. The third kappa shape index (κ3) is 4.03. The van der Waals surface area contributed by atoms with Gasteiger partial charge in [-0.2, -0.15) is 11.3 Å². The molecule has 0 radical (unpaired) electrons. The molecule has 1 atom stereocenters. The summed E-state index contributed by atoms with van der Waals surface area (Å²) in [6.07, 6.45) is 6.27. The van der Waals surface area contributed by atoms with Crippen LogP contribution >= 0.6 is 22.7 Å². The maximum Gasteiger partial charge on any atom is 0.291 e. The van der Waals surface area contributed by atoms with Crippen molar-refractivity contribution in [3.05, 3.63) is 63.1 Å². The zero-order valence-electron chi connectivity index (χ0n) is 15.4. The minimum Gasteiger partial charge on any atom is -0.459 e. The lowest BCUT2D eigenvalue weighted by Gasteiger charge is -2.34. The predicted octanol–water partition coefficient (Wildman–Crippen LogP) is 5.79. The first-order chi connectivity index (χ1) is 13.3. The Balaban J connectivity index is 1.70. The lowest BCUT2D eigenvalue weighted by atomic mass is 9.98. The van der Waals surface area contributed by atoms with E-state index < -0.39 is 0 Å². The Hall–Kier alpha value is -1.89. The molecule has 0 spiro atoms. The Morgan fingerprint density at radius 1 is 1.30 bits per heavy atom. The second kappa shape index (κ2) is 8.42. The number of piperidine rings is 1. The van der Waals surface area contributed by atoms with E-state index in [-0.39, 0.29) is 11.9 Å². The largest absolute Gasteiger partial charge is 0.459 e. The van der Waals surface area contributed by atoms with Gasteiger partial charge in [-0.05, 0) is 72.9 Å². The molecule has 1 fully saturated rings. The second-order valence-corrected chi connectivity index (χ2v) is 8.75. The summed E-state index contributed by atoms with van der Waals surface area (Å²) in [6.45, 7) is 4.36. The van der Waals surface area contributed by atoms with Crippen LogP contribution in [-0.2, 0) is 6.42 Å². The van der Waals surface area contributed by atoms with Gasteiger partial charge in [0.05, 0.1) is 12.3 Å². The molecule has 4 rings (SSSR count). The molecule has 1 saturated heterocycles. The number of hydrogen-bond donors (Lipinski definition) is 1. The molecule has 0 aromatic carbocycles. The van der Waals surface area contributed by atoms with Gasteiger partial charge >= 0.3 is 0 Å². The summed E-state index contributed by atoms with van der Waals surface area (Å²) in [5.74, 6) is 0.158. The zero-order valence-corrected chi connectivity index (χ0v) is 17.1. The van der Waals surface area contributed by atoms with Gasteiger partial charge in [0, 0.05) is 10.4 Å². The molecule has 1 amide bonds. The fourth-order valence-corrected chi connectivity index (χ4v) is 5.40. The van der Waals surface area contributed by atoms with Crippen molar-refractivity contribution in [1.29, 1.82) is 0 Å². The molecule has 4 nitrogen and oxygen atoms in total. The number of nitrogens with zero attached hydrogens (tertiary/aromatic N) is 1. The van der Waals surface area contributed by atoms with Crippen molar-refractivity contribution in [3.63, 3.8) is 0 Å². The number of furan rings is 1. The minimum atomic E-state index is -0.187. The quantitative estimate of drug-likeness (QED) is 0.569. The Morgan fingerprint density at radius 2 is 2.15 bits per heavy atom. The van der Waals surface area contributed by atoms with E-state index in [0.717, 1.165) is 24.5 Å². The lowest BCUT2D eigenvalue weighted by Crippen LogP contribution is -2.34. The summed E-state index contributed by atoms with van der Waals surface area (Å²) in [7, 11) is 0. The average Bonchev–Trinajstić information content (AvgIpc) is 3.46. The van der Waals surface area contributed by atoms with E-state index in [0.29, 0.717) is 5.76 Å². The summed E-state index contributed by atoms with van der Waals surface area (Å²) in [5, 5.41) is 8.43. The third-order valence-electron chi connectivity index (χ3n) is 5.04. The fourth-order valence-electron chi connectivity index (χ4n) is 3.70. The summed E-state index contributed by atoms with van der Waals surface area (Å²) >= 11 is 3.41. The molecule has 27 heavy (non-hydrogen) atoms. The van der Waals surface area contributed by atoms with Crippen molar-refractivity contribution in [2.24, 2.45) is 0 Å². The molecule has 3 aromatic rings. The maximum absolute atomic E-state index is 12.6. The SMILES string of the molecule is CCc1cc([C@@H](c2ccsc2)N2CCCCC2)c(NC(=O)c2ccco2)s1. The number of hydrogen-bond acceptors (Lipinski definition) is 5. The molecule has 3 aromatic heterocycles. The number of carbonyl (C=O) groups is 1. The normalized spacial score (nSPS) is 16.3. The first kappa shape index (κ1) is 18.5. The molecule has 1 aliphatic heterocycles. The van der Waals surface area contributed by atoms with Crippen LogP contribution < -0.4 is 5.32 Å². The first-order valence-corrected chi connectivity index (χ1v) is 11.3. The molecule has 0 unspecified atom stereocenters. The number of anilines is 1. The maximum atomic E-state index is 12.6. The number of nitrogens with one attached hydrogen (secondary N) is 1. The number of thiophene rings is 2. The first-order valence-electron chi connectivity index (χ1n) is 9.50. The van der Waals surface area contributed by atoms with Crippen molar-refractivity contribution in [2.45, 2.75) is 38.6 Å². The van der Waals surface area contributed by atoms with Crippen molar-refractivity contribution < 1.29 is 9.21 Å². The van der Waals surface area contributed by atoms with Gasteiger partial charge in [0.1, 0.15) is 5.00 Å². The molecule has 0 aliphatic carbocycles. The van der Waals surface area contributed by atoms with Gasteiger partial charge in [-0.25, -0.2) is 0 Å². The smallest absolute Gasteiger partial charge is 0.291 e. The zero-order chi connectivity index (χ0) is 18.6. The van der Waals surface area contributed by atoms with Crippen LogP contribution in [0.15, 0.2) is 45.7 Å². The summed E-state index contributed by atoms with van der Waals surface area (Å²) in [4.78, 5) is 16.5. The average molecular weight is 401 g/mol. The molecule has 0 bridgehead atoms. The fraction of sp³-hybridized carbons (Fsp3) is 0.381. The van der Waals surface area contributed by atoms with Crippen LogP contribution in [-0.4, -0.2) is 23.9 Å². The van der Waals surface area contributed by atoms with Gasteiger partial charge in [-0.15, -0.1) is 11.3 Å². The van der Waals surface area contributed by atoms with Crippen LogP contribution in [0.4, 0.5) is 5.00 Å². The highest BCUT2D eigenvalue weighted by molar-refractivity contribution is 7.16. The van der Waals surface area contributed by atoms with Gasteiger partial charge in [0.25, 0.3) is 5.91 Å². The molecule has 142 valence electrons. The monoisotopic (exact) mass is 400 g/mol. The van der Waals surface area contributed by atoms with Gasteiger partial charge in [0.2, 0.25) is 0 Å². The number of rotatable bonds is 6. The minimum absolute atomic E-state index is 0.187. The van der Waals surface area contributed by atoms with Crippen LogP contribution in [0.1, 0.15) is 58.8 Å². The molecule has 4 heterocycles. The summed E-state index contributed by atoms with van der Waals surface area (Å²) < 4.78 is 5.27. The summed E-state index contributed by atoms with van der Waals surface area (Å²) in [5.41, 5.74) is 2.52. The van der Waals surface area contributed by atoms with E-state index in [1.807, 2.05) is 0 Å². The van der Waals surface area contributed by atoms with E-state index in [2.05, 4.69) is 40.0 Å². The summed E-state index contributed by atoms with van der Waals surface area (Å²) in [6, 6.07) is 8.12. The van der Waals surface area contributed by atoms with Crippen molar-refractivity contribution in [1.82, 2.24) is 4.90 Å². The van der Waals surface area contributed by atoms with Crippen LogP contribution in [0.5, 0.6) is 0 Å². The van der Waals surface area contributed by atoms with E-state index in [1.54, 1.807) is 34.8 Å². The van der Waals surface area contributed by atoms with E-state index in [4.69, 9.17) is 4.42 Å². The highest BCUT2D eigenvalue weighted by Gasteiger charge is 2.28. The van der Waals surface area contributed by atoms with Crippen molar-refractivity contribution in [3.8, 4) is 0 Å². The van der Waals surface area contributed by atoms with Crippen LogP contribution in [0.2, 0.25) is 0 Å². The van der Waals surface area contributed by atoms with Gasteiger partial charge in [-0.3, -0.25) is 9.69 Å². The van der Waals surface area contributed by atoms with E-state index in [1.165, 1.54) is 41.5 Å². The predicted molar refractivity (Wildman–Crippen MR) is 112 cm³/mol. The highest BCUT2D eigenvalue weighted by Crippen LogP contribution is 2.41. The number of amides is 1. The second-order valence-electron chi connectivity index (χ2n) is 6.84. The standard InChI is InChI=1S/C21H24N2O2S2/c1-2-16-13-17(21(27-16)22-20(24)18-7-6-11-25-18)19(15-8-12-26-14-15)23-9-4-3-5-10-23/h6-8,11-14,19H,2-5,9-10H2,1H3,(H,22,24)/t19-/m1/s1. The van der Waals surface area contributed by atoms with Crippen LogP contribution in [0, 0.1) is 0 Å². The van der Waals surface area contributed by atoms with Gasteiger partial charge in [-0.1, -0.05) is 13.3 Å². The van der Waals surface area contributed by atoms with Gasteiger partial charge in [0.15, 0.2) is 5.76 Å². The van der Waals surface area contributed by atoms with E-state index in [9.17, 15) is 4.79 Å². The highest BCUT2D eigenvalue weighted by atomic mass is 32.1. The molecule has 0 saturated carbocycles. The van der Waals surface area contributed by atoms with Crippen molar-refractivity contribution in [2.75, 3.05) is 18.4 Å². The topological polar surface area (TPSA) is 45.5 Å².